The van der Waals surface area contributed by atoms with Crippen molar-refractivity contribution in [1.82, 2.24) is 4.72 Å². The van der Waals surface area contributed by atoms with Crippen molar-refractivity contribution in [2.75, 3.05) is 6.54 Å². The normalized spacial score (nSPS) is 19.4. The largest absolute Gasteiger partial charge is 0.490 e. The molecular formula is C14H22N2O3S. The molecule has 20 heavy (non-hydrogen) atoms. The molecule has 2 atom stereocenters. The van der Waals surface area contributed by atoms with Crippen molar-refractivity contribution < 1.29 is 13.2 Å². The van der Waals surface area contributed by atoms with Crippen molar-refractivity contribution in [1.29, 1.82) is 0 Å². The zero-order chi connectivity index (χ0) is 14.8. The first-order valence-electron chi connectivity index (χ1n) is 6.97. The van der Waals surface area contributed by atoms with Gasteiger partial charge in [0, 0.05) is 19.0 Å². The molecule has 1 heterocycles. The molecule has 0 spiro atoms. The minimum Gasteiger partial charge on any atom is -0.490 e. The maximum absolute atomic E-state index is 12.2. The molecule has 0 unspecified atom stereocenters. The quantitative estimate of drug-likeness (QED) is 0.832. The third-order valence-electron chi connectivity index (χ3n) is 3.37. The lowest BCUT2D eigenvalue weighted by Gasteiger charge is -2.12. The third kappa shape index (κ3) is 3.50. The molecule has 5 nitrogen and oxygen atoms in total. The molecule has 0 fully saturated rings. The predicted octanol–water partition coefficient (Wildman–Crippen LogP) is 1.42. The molecule has 0 radical (unpaired) electrons. The average molecular weight is 298 g/mol. The van der Waals surface area contributed by atoms with Crippen molar-refractivity contribution >= 4 is 10.0 Å². The lowest BCUT2D eigenvalue weighted by molar-refractivity contribution is 0.254. The fraction of sp³-hybridized carbons (Fsp3) is 0.571. The van der Waals surface area contributed by atoms with Gasteiger partial charge in [-0.3, -0.25) is 0 Å². The second-order valence-corrected chi connectivity index (χ2v) is 7.07. The topological polar surface area (TPSA) is 81.4 Å². The van der Waals surface area contributed by atoms with E-state index in [1.165, 1.54) is 0 Å². The van der Waals surface area contributed by atoms with E-state index in [1.807, 2.05) is 13.8 Å². The molecule has 0 saturated heterocycles. The highest BCUT2D eigenvalue weighted by atomic mass is 32.2. The van der Waals surface area contributed by atoms with Crippen LogP contribution in [0.3, 0.4) is 0 Å². The van der Waals surface area contributed by atoms with Crippen LogP contribution in [0.2, 0.25) is 0 Å². The zero-order valence-corrected chi connectivity index (χ0v) is 12.7. The Labute approximate surface area is 120 Å². The molecule has 0 aromatic heterocycles. The number of fused-ring (bicyclic) bond motifs is 1. The van der Waals surface area contributed by atoms with Gasteiger partial charge in [0.2, 0.25) is 10.0 Å². The Bertz CT molecular complexity index is 572. The summed E-state index contributed by atoms with van der Waals surface area (Å²) in [6.45, 7) is 4.26. The van der Waals surface area contributed by atoms with Crippen LogP contribution in [0.1, 0.15) is 32.3 Å². The van der Waals surface area contributed by atoms with Crippen LogP contribution in [-0.2, 0) is 16.4 Å². The summed E-state index contributed by atoms with van der Waals surface area (Å²) in [5, 5.41) is 0. The molecule has 6 heteroatoms. The Morgan fingerprint density at radius 2 is 2.25 bits per heavy atom. The maximum atomic E-state index is 12.2. The predicted molar refractivity (Wildman–Crippen MR) is 78.3 cm³/mol. The van der Waals surface area contributed by atoms with Crippen molar-refractivity contribution in [2.45, 2.75) is 50.2 Å². The Hall–Kier alpha value is -1.11. The molecule has 1 aliphatic rings. The molecule has 1 aromatic carbocycles. The van der Waals surface area contributed by atoms with Crippen LogP contribution in [0.4, 0.5) is 0 Å². The van der Waals surface area contributed by atoms with Gasteiger partial charge < -0.3 is 10.5 Å². The van der Waals surface area contributed by atoms with Gasteiger partial charge in [0.05, 0.1) is 4.90 Å². The van der Waals surface area contributed by atoms with E-state index in [9.17, 15) is 8.42 Å². The number of hydrogen-bond donors (Lipinski definition) is 2. The van der Waals surface area contributed by atoms with E-state index in [4.69, 9.17) is 10.5 Å². The highest BCUT2D eigenvalue weighted by Crippen LogP contribution is 2.30. The highest BCUT2D eigenvalue weighted by Gasteiger charge is 2.22. The van der Waals surface area contributed by atoms with E-state index < -0.39 is 10.0 Å². The number of nitrogens with two attached hydrogens (primary N) is 1. The van der Waals surface area contributed by atoms with Crippen LogP contribution >= 0.6 is 0 Å². The molecule has 3 N–H and O–H groups in total. The van der Waals surface area contributed by atoms with Gasteiger partial charge in [-0.25, -0.2) is 13.1 Å². The first kappa shape index (κ1) is 15.3. The van der Waals surface area contributed by atoms with E-state index in [-0.39, 0.29) is 23.6 Å². The van der Waals surface area contributed by atoms with Gasteiger partial charge >= 0.3 is 0 Å². The Morgan fingerprint density at radius 3 is 2.95 bits per heavy atom. The molecular weight excluding hydrogens is 276 g/mol. The smallest absolute Gasteiger partial charge is 0.240 e. The van der Waals surface area contributed by atoms with Gasteiger partial charge in [-0.1, -0.05) is 13.3 Å². The molecule has 0 saturated carbocycles. The van der Waals surface area contributed by atoms with Gasteiger partial charge in [-0.05, 0) is 37.1 Å². The van der Waals surface area contributed by atoms with E-state index in [1.54, 1.807) is 18.2 Å². The molecule has 1 aliphatic heterocycles. The minimum atomic E-state index is -3.50. The van der Waals surface area contributed by atoms with Crippen molar-refractivity contribution in [3.63, 3.8) is 0 Å². The van der Waals surface area contributed by atoms with Crippen LogP contribution in [0.5, 0.6) is 5.75 Å². The summed E-state index contributed by atoms with van der Waals surface area (Å²) in [6.07, 6.45) is 2.59. The van der Waals surface area contributed by atoms with Gasteiger partial charge in [0.25, 0.3) is 0 Å². The number of ether oxygens (including phenoxy) is 1. The monoisotopic (exact) mass is 298 g/mol. The summed E-state index contributed by atoms with van der Waals surface area (Å²) in [6, 6.07) is 4.84. The van der Waals surface area contributed by atoms with Gasteiger partial charge in [-0.15, -0.1) is 0 Å². The average Bonchev–Trinajstić information content (AvgIpc) is 2.76. The summed E-state index contributed by atoms with van der Waals surface area (Å²) in [5.41, 5.74) is 6.77. The SMILES string of the molecule is CCC[C@@H](N)CNS(=O)(=O)c1ccc2c(c1)C[C@@H](C)O2. The van der Waals surface area contributed by atoms with Crippen molar-refractivity contribution in [3.05, 3.63) is 23.8 Å². The highest BCUT2D eigenvalue weighted by molar-refractivity contribution is 7.89. The second kappa shape index (κ2) is 6.11. The summed E-state index contributed by atoms with van der Waals surface area (Å²) in [7, 11) is -3.50. The molecule has 112 valence electrons. The van der Waals surface area contributed by atoms with E-state index >= 15 is 0 Å². The van der Waals surface area contributed by atoms with Crippen LogP contribution < -0.4 is 15.2 Å². The lowest BCUT2D eigenvalue weighted by Crippen LogP contribution is -2.37. The molecule has 0 aliphatic carbocycles. The van der Waals surface area contributed by atoms with Crippen LogP contribution in [-0.4, -0.2) is 27.1 Å². The van der Waals surface area contributed by atoms with Gasteiger partial charge in [0.1, 0.15) is 11.9 Å². The Morgan fingerprint density at radius 1 is 1.50 bits per heavy atom. The third-order valence-corrected chi connectivity index (χ3v) is 4.79. The number of benzene rings is 1. The number of hydrogen-bond acceptors (Lipinski definition) is 4. The fourth-order valence-corrected chi connectivity index (χ4v) is 3.48. The second-order valence-electron chi connectivity index (χ2n) is 5.30. The lowest BCUT2D eigenvalue weighted by atomic mass is 10.1. The Kier molecular flexibility index (Phi) is 4.67. The maximum Gasteiger partial charge on any atom is 0.240 e. The number of nitrogens with one attached hydrogen (secondary N) is 1. The van der Waals surface area contributed by atoms with Gasteiger partial charge in [-0.2, -0.15) is 0 Å². The van der Waals surface area contributed by atoms with Crippen LogP contribution in [0.25, 0.3) is 0 Å². The number of sulfonamides is 1. The van der Waals surface area contributed by atoms with Crippen molar-refractivity contribution in [2.24, 2.45) is 5.73 Å². The summed E-state index contributed by atoms with van der Waals surface area (Å²) >= 11 is 0. The number of rotatable bonds is 6. The summed E-state index contributed by atoms with van der Waals surface area (Å²) in [5.74, 6) is 0.777. The summed E-state index contributed by atoms with van der Waals surface area (Å²) in [4.78, 5) is 0.276. The van der Waals surface area contributed by atoms with Crippen molar-refractivity contribution in [3.8, 4) is 5.75 Å². The molecule has 0 bridgehead atoms. The summed E-state index contributed by atoms with van der Waals surface area (Å²) < 4.78 is 32.6. The first-order valence-corrected chi connectivity index (χ1v) is 8.45. The first-order chi connectivity index (χ1) is 9.42. The van der Waals surface area contributed by atoms with E-state index in [2.05, 4.69) is 4.72 Å². The Balaban J connectivity index is 2.09. The fourth-order valence-electron chi connectivity index (χ4n) is 2.34. The standard InChI is InChI=1S/C14H22N2O3S/c1-3-4-12(15)9-16-20(17,18)13-5-6-14-11(8-13)7-10(2)19-14/h5-6,8,10,12,16H,3-4,7,9,15H2,1-2H3/t10-,12-/m1/s1. The van der Waals surface area contributed by atoms with Crippen LogP contribution in [0, 0.1) is 0 Å². The van der Waals surface area contributed by atoms with Gasteiger partial charge in [0.15, 0.2) is 0 Å². The minimum absolute atomic E-state index is 0.105. The zero-order valence-electron chi connectivity index (χ0n) is 11.9. The van der Waals surface area contributed by atoms with E-state index in [0.717, 1.165) is 30.6 Å². The molecule has 0 amide bonds. The van der Waals surface area contributed by atoms with E-state index in [0.29, 0.717) is 0 Å². The molecule has 2 rings (SSSR count). The molecule has 1 aromatic rings. The van der Waals surface area contributed by atoms with Crippen LogP contribution in [0.15, 0.2) is 23.1 Å².